The first-order chi connectivity index (χ1) is 13.9. The first-order valence-electron chi connectivity index (χ1n) is 9.86. The molecule has 6 heteroatoms. The molecular formula is C23H27FN2O3. The molecule has 2 amide bonds. The molecule has 0 radical (unpaired) electrons. The van der Waals surface area contributed by atoms with Gasteiger partial charge in [-0.15, -0.1) is 0 Å². The number of rotatable bonds is 6. The van der Waals surface area contributed by atoms with Crippen LogP contribution < -0.4 is 10.1 Å². The number of aryl methyl sites for hydroxylation is 1. The lowest BCUT2D eigenvalue weighted by atomic mass is 9.81. The highest BCUT2D eigenvalue weighted by molar-refractivity contribution is 5.84. The molecule has 3 rings (SSSR count). The van der Waals surface area contributed by atoms with Crippen molar-refractivity contribution in [2.45, 2.75) is 33.2 Å². The Labute approximate surface area is 170 Å². The maximum absolute atomic E-state index is 13.0. The summed E-state index contributed by atoms with van der Waals surface area (Å²) in [6.07, 6.45) is 1.47. The number of carbonyl (C=O) groups excluding carboxylic acids is 2. The van der Waals surface area contributed by atoms with Gasteiger partial charge >= 0.3 is 0 Å². The van der Waals surface area contributed by atoms with Crippen molar-refractivity contribution in [3.8, 4) is 5.75 Å². The van der Waals surface area contributed by atoms with Crippen LogP contribution in [-0.2, 0) is 16.1 Å². The number of hydrogen-bond donors (Lipinski definition) is 1. The maximum Gasteiger partial charge on any atom is 0.260 e. The average Bonchev–Trinajstić information content (AvgIpc) is 2.71. The van der Waals surface area contributed by atoms with Crippen LogP contribution in [0.25, 0.3) is 0 Å². The zero-order chi connectivity index (χ0) is 20.9. The molecule has 0 aliphatic carbocycles. The van der Waals surface area contributed by atoms with Gasteiger partial charge in [0, 0.05) is 19.6 Å². The van der Waals surface area contributed by atoms with Crippen molar-refractivity contribution < 1.29 is 18.7 Å². The van der Waals surface area contributed by atoms with Crippen LogP contribution in [0.5, 0.6) is 5.75 Å². The molecule has 2 aromatic rings. The van der Waals surface area contributed by atoms with Gasteiger partial charge in [0.2, 0.25) is 5.91 Å². The Morgan fingerprint density at radius 2 is 1.97 bits per heavy atom. The molecule has 0 bridgehead atoms. The van der Waals surface area contributed by atoms with Crippen LogP contribution in [-0.4, -0.2) is 36.4 Å². The summed E-state index contributed by atoms with van der Waals surface area (Å²) < 4.78 is 18.6. The number of nitrogens with zero attached hydrogens (tertiary/aromatic N) is 1. The monoisotopic (exact) mass is 398 g/mol. The smallest absolute Gasteiger partial charge is 0.260 e. The normalized spacial score (nSPS) is 18.9. The molecule has 1 aliphatic heterocycles. The van der Waals surface area contributed by atoms with Crippen LogP contribution in [0.1, 0.15) is 30.9 Å². The van der Waals surface area contributed by atoms with Crippen LogP contribution in [0, 0.1) is 18.2 Å². The van der Waals surface area contributed by atoms with Crippen LogP contribution in [0.4, 0.5) is 4.39 Å². The van der Waals surface area contributed by atoms with Crippen molar-refractivity contribution in [3.05, 3.63) is 65.5 Å². The van der Waals surface area contributed by atoms with Gasteiger partial charge in [0.05, 0.1) is 5.41 Å². The number of hydrogen-bond acceptors (Lipinski definition) is 3. The standard InChI is InChI=1S/C23H27FN2O3/c1-17-5-3-6-20(13-17)29-15-21(27)26-12-4-11-23(2,16-26)22(28)25-14-18-7-9-19(24)10-8-18/h3,5-10,13H,4,11-12,14-16H2,1-2H3,(H,25,28)/t23-/m1/s1. The molecular weight excluding hydrogens is 371 g/mol. The van der Waals surface area contributed by atoms with Crippen molar-refractivity contribution in [2.24, 2.45) is 5.41 Å². The van der Waals surface area contributed by atoms with Gasteiger partial charge in [-0.1, -0.05) is 24.3 Å². The highest BCUT2D eigenvalue weighted by atomic mass is 19.1. The summed E-state index contributed by atoms with van der Waals surface area (Å²) in [5.41, 5.74) is 1.24. The molecule has 0 unspecified atom stereocenters. The fourth-order valence-electron chi connectivity index (χ4n) is 3.58. The number of amides is 2. The topological polar surface area (TPSA) is 58.6 Å². The number of benzene rings is 2. The second-order valence-electron chi connectivity index (χ2n) is 7.89. The van der Waals surface area contributed by atoms with E-state index in [1.165, 1.54) is 12.1 Å². The summed E-state index contributed by atoms with van der Waals surface area (Å²) >= 11 is 0. The van der Waals surface area contributed by atoms with E-state index in [0.717, 1.165) is 17.5 Å². The molecule has 29 heavy (non-hydrogen) atoms. The second kappa shape index (κ2) is 9.07. The molecule has 1 atom stereocenters. The molecule has 0 aromatic heterocycles. The number of piperidine rings is 1. The van der Waals surface area contributed by atoms with Gasteiger partial charge in [0.25, 0.3) is 5.91 Å². The van der Waals surface area contributed by atoms with E-state index < -0.39 is 5.41 Å². The summed E-state index contributed by atoms with van der Waals surface area (Å²) in [6, 6.07) is 13.6. The Hall–Kier alpha value is -2.89. The van der Waals surface area contributed by atoms with E-state index >= 15 is 0 Å². The quantitative estimate of drug-likeness (QED) is 0.811. The Kier molecular flexibility index (Phi) is 6.52. The fourth-order valence-corrected chi connectivity index (χ4v) is 3.58. The van der Waals surface area contributed by atoms with E-state index in [2.05, 4.69) is 5.32 Å². The Bertz CT molecular complexity index is 869. The summed E-state index contributed by atoms with van der Waals surface area (Å²) in [7, 11) is 0. The van der Waals surface area contributed by atoms with Crippen LogP contribution in [0.3, 0.4) is 0 Å². The van der Waals surface area contributed by atoms with E-state index in [9.17, 15) is 14.0 Å². The van der Waals surface area contributed by atoms with Gasteiger partial charge in [-0.3, -0.25) is 9.59 Å². The number of halogens is 1. The van der Waals surface area contributed by atoms with Gasteiger partial charge in [-0.05, 0) is 62.1 Å². The van der Waals surface area contributed by atoms with E-state index in [-0.39, 0.29) is 24.2 Å². The summed E-state index contributed by atoms with van der Waals surface area (Å²) in [5.74, 6) is 0.138. The third-order valence-corrected chi connectivity index (χ3v) is 5.32. The van der Waals surface area contributed by atoms with Crippen molar-refractivity contribution >= 4 is 11.8 Å². The summed E-state index contributed by atoms with van der Waals surface area (Å²) in [5, 5.41) is 2.92. The van der Waals surface area contributed by atoms with Gasteiger partial charge in [-0.2, -0.15) is 0 Å². The van der Waals surface area contributed by atoms with Crippen LogP contribution in [0.15, 0.2) is 48.5 Å². The lowest BCUT2D eigenvalue weighted by molar-refractivity contribution is -0.142. The van der Waals surface area contributed by atoms with E-state index in [1.807, 2.05) is 38.1 Å². The predicted molar refractivity (Wildman–Crippen MR) is 109 cm³/mol. The molecule has 1 N–H and O–H groups in total. The third kappa shape index (κ3) is 5.56. The number of ether oxygens (including phenoxy) is 1. The molecule has 5 nitrogen and oxygen atoms in total. The van der Waals surface area contributed by atoms with Gasteiger partial charge in [-0.25, -0.2) is 4.39 Å². The molecule has 1 saturated heterocycles. The number of nitrogens with one attached hydrogen (secondary N) is 1. The van der Waals surface area contributed by atoms with Crippen LogP contribution >= 0.6 is 0 Å². The zero-order valence-electron chi connectivity index (χ0n) is 16.9. The van der Waals surface area contributed by atoms with E-state index in [4.69, 9.17) is 4.74 Å². The highest BCUT2D eigenvalue weighted by Gasteiger charge is 2.39. The summed E-state index contributed by atoms with van der Waals surface area (Å²) in [4.78, 5) is 27.1. The minimum Gasteiger partial charge on any atom is -0.484 e. The van der Waals surface area contributed by atoms with Gasteiger partial charge in [0.1, 0.15) is 11.6 Å². The second-order valence-corrected chi connectivity index (χ2v) is 7.89. The molecule has 1 aliphatic rings. The van der Waals surface area contributed by atoms with Crippen molar-refractivity contribution in [2.75, 3.05) is 19.7 Å². The lowest BCUT2D eigenvalue weighted by Crippen LogP contribution is -2.52. The molecule has 2 aromatic carbocycles. The third-order valence-electron chi connectivity index (χ3n) is 5.32. The Morgan fingerprint density at radius 3 is 2.69 bits per heavy atom. The number of likely N-dealkylation sites (tertiary alicyclic amines) is 1. The van der Waals surface area contributed by atoms with Crippen LogP contribution in [0.2, 0.25) is 0 Å². The SMILES string of the molecule is Cc1cccc(OCC(=O)N2CCC[C@@](C)(C(=O)NCc3ccc(F)cc3)C2)c1. The molecule has 1 fully saturated rings. The molecule has 0 saturated carbocycles. The molecule has 1 heterocycles. The Morgan fingerprint density at radius 1 is 1.21 bits per heavy atom. The van der Waals surface area contributed by atoms with E-state index in [0.29, 0.717) is 31.8 Å². The van der Waals surface area contributed by atoms with Crippen molar-refractivity contribution in [3.63, 3.8) is 0 Å². The van der Waals surface area contributed by atoms with Gasteiger partial charge < -0.3 is 15.0 Å². The first-order valence-corrected chi connectivity index (χ1v) is 9.86. The first kappa shape index (κ1) is 20.8. The largest absolute Gasteiger partial charge is 0.484 e. The lowest BCUT2D eigenvalue weighted by Gasteiger charge is -2.39. The number of carbonyl (C=O) groups is 2. The van der Waals surface area contributed by atoms with E-state index in [1.54, 1.807) is 17.0 Å². The Balaban J connectivity index is 1.54. The predicted octanol–water partition coefficient (Wildman–Crippen LogP) is 3.46. The minimum atomic E-state index is -0.655. The van der Waals surface area contributed by atoms with Crippen molar-refractivity contribution in [1.82, 2.24) is 10.2 Å². The zero-order valence-corrected chi connectivity index (χ0v) is 16.9. The fraction of sp³-hybridized carbons (Fsp3) is 0.391. The minimum absolute atomic E-state index is 0.0449. The molecule has 154 valence electrons. The summed E-state index contributed by atoms with van der Waals surface area (Å²) in [6.45, 7) is 5.12. The molecule has 0 spiro atoms. The average molecular weight is 398 g/mol. The van der Waals surface area contributed by atoms with Gasteiger partial charge in [0.15, 0.2) is 6.61 Å². The van der Waals surface area contributed by atoms with Crippen molar-refractivity contribution in [1.29, 1.82) is 0 Å². The maximum atomic E-state index is 13.0. The highest BCUT2D eigenvalue weighted by Crippen LogP contribution is 2.30.